The highest BCUT2D eigenvalue weighted by Gasteiger charge is 2.14. The van der Waals surface area contributed by atoms with E-state index in [0.29, 0.717) is 0 Å². The third kappa shape index (κ3) is 1.70. The highest BCUT2D eigenvalue weighted by Crippen LogP contribution is 2.01. The second kappa shape index (κ2) is 3.23. The minimum atomic E-state index is 0.777. The first kappa shape index (κ1) is 7.10. The largest absolute Gasteiger partial charge is 0.344 e. The van der Waals surface area contributed by atoms with Crippen molar-refractivity contribution >= 4 is 7.98 Å². The maximum absolute atomic E-state index is 3.37. The molecule has 1 aliphatic rings. The minimum absolute atomic E-state index is 0.777. The Morgan fingerprint density at radius 2 is 2.56 bits per heavy atom. The lowest BCUT2D eigenvalue weighted by atomic mass is 10.1. The van der Waals surface area contributed by atoms with Crippen molar-refractivity contribution in [3.05, 3.63) is 0 Å². The molecular weight excluding hydrogens is 111 g/mol. The quantitative estimate of drug-likeness (QED) is 0.463. The van der Waals surface area contributed by atoms with Crippen molar-refractivity contribution in [3.8, 4) is 0 Å². The molecule has 0 aliphatic carbocycles. The smallest absolute Gasteiger partial charge is 0.185 e. The Balaban J connectivity index is 2.30. The first-order valence-corrected chi connectivity index (χ1v) is 3.75. The van der Waals surface area contributed by atoms with E-state index in [1.54, 1.807) is 0 Å². The number of rotatable bonds is 1. The molecule has 1 heterocycles. The van der Waals surface area contributed by atoms with Crippen molar-refractivity contribution in [2.24, 2.45) is 0 Å². The van der Waals surface area contributed by atoms with E-state index >= 15 is 0 Å². The summed E-state index contributed by atoms with van der Waals surface area (Å²) in [4.78, 5) is 2.43. The van der Waals surface area contributed by atoms with Crippen molar-refractivity contribution < 1.29 is 0 Å². The zero-order valence-electron chi connectivity index (χ0n) is 6.35. The summed E-state index contributed by atoms with van der Waals surface area (Å²) in [6, 6.07) is 0.777. The van der Waals surface area contributed by atoms with Crippen molar-refractivity contribution in [1.82, 2.24) is 10.1 Å². The summed E-state index contributed by atoms with van der Waals surface area (Å²) < 4.78 is 0. The van der Waals surface area contributed by atoms with Gasteiger partial charge in [-0.05, 0) is 13.0 Å². The van der Waals surface area contributed by atoms with Gasteiger partial charge in [0, 0.05) is 19.1 Å². The lowest BCUT2D eigenvalue weighted by Gasteiger charge is -2.32. The minimum Gasteiger partial charge on any atom is -0.344 e. The summed E-state index contributed by atoms with van der Waals surface area (Å²) >= 11 is 0. The third-order valence-electron chi connectivity index (χ3n) is 2.12. The Hall–Kier alpha value is -0.0151. The molecule has 1 atom stereocenters. The predicted molar refractivity (Wildman–Crippen MR) is 42.2 cm³/mol. The summed E-state index contributed by atoms with van der Waals surface area (Å²) in [5, 5.41) is 3.37. The number of piperazine rings is 1. The molecule has 2 nitrogen and oxygen atoms in total. The number of nitrogens with one attached hydrogen (secondary N) is 1. The molecule has 0 aromatic heterocycles. The van der Waals surface area contributed by atoms with Gasteiger partial charge in [0.2, 0.25) is 0 Å². The van der Waals surface area contributed by atoms with E-state index in [-0.39, 0.29) is 0 Å². The van der Waals surface area contributed by atoms with Gasteiger partial charge in [0.15, 0.2) is 7.98 Å². The van der Waals surface area contributed by atoms with Gasteiger partial charge in [-0.3, -0.25) is 0 Å². The molecule has 1 saturated heterocycles. The highest BCUT2D eigenvalue weighted by atomic mass is 15.1. The topological polar surface area (TPSA) is 15.3 Å². The van der Waals surface area contributed by atoms with Crippen LogP contribution in [0.5, 0.6) is 0 Å². The van der Waals surface area contributed by atoms with Crippen molar-refractivity contribution in [2.75, 3.05) is 19.6 Å². The average molecular weight is 126 g/mol. The van der Waals surface area contributed by atoms with Gasteiger partial charge in [-0.1, -0.05) is 6.92 Å². The fourth-order valence-electron chi connectivity index (χ4n) is 1.32. The fourth-order valence-corrected chi connectivity index (χ4v) is 1.32. The van der Waals surface area contributed by atoms with Gasteiger partial charge in [0.1, 0.15) is 0 Å². The Bertz CT molecular complexity index is 87.1. The second-order valence-electron chi connectivity index (χ2n) is 2.75. The van der Waals surface area contributed by atoms with Crippen molar-refractivity contribution in [1.29, 1.82) is 0 Å². The van der Waals surface area contributed by atoms with Gasteiger partial charge in [-0.2, -0.15) is 0 Å². The van der Waals surface area contributed by atoms with Crippen LogP contribution in [0.15, 0.2) is 0 Å². The lowest BCUT2D eigenvalue weighted by Crippen LogP contribution is -2.49. The van der Waals surface area contributed by atoms with E-state index in [1.807, 2.05) is 0 Å². The van der Waals surface area contributed by atoms with Gasteiger partial charge in [0.25, 0.3) is 0 Å². The van der Waals surface area contributed by atoms with E-state index in [9.17, 15) is 0 Å². The second-order valence-corrected chi connectivity index (χ2v) is 2.75. The molecule has 1 N–H and O–H groups in total. The first-order valence-electron chi connectivity index (χ1n) is 3.75. The number of hydrogen-bond donors (Lipinski definition) is 1. The van der Waals surface area contributed by atoms with E-state index in [2.05, 4.69) is 25.0 Å². The van der Waals surface area contributed by atoms with Gasteiger partial charge in [-0.15, -0.1) is 0 Å². The van der Waals surface area contributed by atoms with Crippen LogP contribution in [-0.2, 0) is 0 Å². The van der Waals surface area contributed by atoms with Crippen LogP contribution in [-0.4, -0.2) is 38.5 Å². The van der Waals surface area contributed by atoms with Crippen LogP contribution in [0.2, 0.25) is 0 Å². The van der Waals surface area contributed by atoms with Crippen LogP contribution >= 0.6 is 0 Å². The molecular formula is C6H15BN2. The SMILES string of the molecule is BN1CCNC[C@H]1CC. The standard InChI is InChI=1S/C6H15BN2/c1-2-6-5-8-3-4-9(6)7/h6,8H,2-5,7H2,1H3/t6-/m1/s1. The molecule has 0 aromatic rings. The average Bonchev–Trinajstić information content (AvgIpc) is 1.89. The lowest BCUT2D eigenvalue weighted by molar-refractivity contribution is 0.272. The molecule has 0 spiro atoms. The molecule has 0 amide bonds. The van der Waals surface area contributed by atoms with Crippen LogP contribution in [0.3, 0.4) is 0 Å². The molecule has 1 rings (SSSR count). The highest BCUT2D eigenvalue weighted by molar-refractivity contribution is 6.04. The Labute approximate surface area is 58.0 Å². The molecule has 0 unspecified atom stereocenters. The summed E-state index contributed by atoms with van der Waals surface area (Å²) in [6.07, 6.45) is 1.27. The maximum Gasteiger partial charge on any atom is 0.185 e. The zero-order valence-corrected chi connectivity index (χ0v) is 6.35. The Kier molecular flexibility index (Phi) is 2.55. The molecule has 0 bridgehead atoms. The Morgan fingerprint density at radius 3 is 3.00 bits per heavy atom. The third-order valence-corrected chi connectivity index (χ3v) is 2.12. The summed E-state index contributed by atoms with van der Waals surface area (Å²) in [6.45, 7) is 5.78. The van der Waals surface area contributed by atoms with Crippen LogP contribution < -0.4 is 5.32 Å². The molecule has 0 radical (unpaired) electrons. The van der Waals surface area contributed by atoms with Gasteiger partial charge >= 0.3 is 0 Å². The molecule has 1 aliphatic heterocycles. The van der Waals surface area contributed by atoms with E-state index in [4.69, 9.17) is 0 Å². The van der Waals surface area contributed by atoms with Crippen molar-refractivity contribution in [3.63, 3.8) is 0 Å². The maximum atomic E-state index is 3.37. The first-order chi connectivity index (χ1) is 4.34. The molecule has 0 saturated carbocycles. The van der Waals surface area contributed by atoms with E-state index in [0.717, 1.165) is 12.6 Å². The van der Waals surface area contributed by atoms with Crippen molar-refractivity contribution in [2.45, 2.75) is 19.4 Å². The number of nitrogens with zero attached hydrogens (tertiary/aromatic N) is 1. The molecule has 3 heteroatoms. The zero-order chi connectivity index (χ0) is 6.69. The van der Waals surface area contributed by atoms with Crippen LogP contribution in [0.25, 0.3) is 0 Å². The molecule has 52 valence electrons. The van der Waals surface area contributed by atoms with Gasteiger partial charge in [0.05, 0.1) is 0 Å². The predicted octanol–water partition coefficient (Wildman–Crippen LogP) is -0.782. The monoisotopic (exact) mass is 126 g/mol. The fraction of sp³-hybridized carbons (Fsp3) is 1.00. The van der Waals surface area contributed by atoms with Crippen LogP contribution in [0.4, 0.5) is 0 Å². The number of hydrogen-bond acceptors (Lipinski definition) is 2. The van der Waals surface area contributed by atoms with Gasteiger partial charge < -0.3 is 10.1 Å². The summed E-state index contributed by atoms with van der Waals surface area (Å²) in [5.41, 5.74) is 0. The Morgan fingerprint density at radius 1 is 1.78 bits per heavy atom. The summed E-state index contributed by atoms with van der Waals surface area (Å²) in [7, 11) is 2.20. The normalized spacial score (nSPS) is 30.6. The molecule has 1 fully saturated rings. The summed E-state index contributed by atoms with van der Waals surface area (Å²) in [5.74, 6) is 0. The van der Waals surface area contributed by atoms with Crippen LogP contribution in [0.1, 0.15) is 13.3 Å². The van der Waals surface area contributed by atoms with E-state index < -0.39 is 0 Å². The molecule has 9 heavy (non-hydrogen) atoms. The van der Waals surface area contributed by atoms with E-state index in [1.165, 1.54) is 19.5 Å². The van der Waals surface area contributed by atoms with Crippen LogP contribution in [0, 0.1) is 0 Å². The molecule has 0 aromatic carbocycles. The van der Waals surface area contributed by atoms with Gasteiger partial charge in [-0.25, -0.2) is 0 Å².